The van der Waals surface area contributed by atoms with Gasteiger partial charge in [0.05, 0.1) is 15.9 Å². The summed E-state index contributed by atoms with van der Waals surface area (Å²) < 4.78 is 30.4. The predicted octanol–water partition coefficient (Wildman–Crippen LogP) is 0.497. The van der Waals surface area contributed by atoms with Crippen LogP contribution < -0.4 is 11.0 Å². The van der Waals surface area contributed by atoms with Gasteiger partial charge in [0.25, 0.3) is 0 Å². The van der Waals surface area contributed by atoms with Crippen LogP contribution in [0.25, 0.3) is 11.0 Å². The van der Waals surface area contributed by atoms with Crippen molar-refractivity contribution in [1.82, 2.24) is 18.8 Å². The summed E-state index contributed by atoms with van der Waals surface area (Å²) in [7, 11) is 1.74. The summed E-state index contributed by atoms with van der Waals surface area (Å²) in [6.07, 6.45) is 1.73. The maximum atomic E-state index is 12.9. The molecule has 0 unspecified atom stereocenters. The highest BCUT2D eigenvalue weighted by Crippen LogP contribution is 2.25. The number of nitrogens with zero attached hydrogens (tertiary/aromatic N) is 3. The van der Waals surface area contributed by atoms with Gasteiger partial charge >= 0.3 is 5.69 Å². The number of aromatic nitrogens is 2. The second kappa shape index (κ2) is 6.34. The Kier molecular flexibility index (Phi) is 4.54. The molecule has 1 aliphatic rings. The molecule has 0 atom stereocenters. The van der Waals surface area contributed by atoms with Crippen LogP contribution in [0.5, 0.6) is 0 Å². The molecule has 2 heterocycles. The molecule has 0 bridgehead atoms. The SMILES string of the molecule is CNCC1CCN(S(=O)(=O)c2ccc3c(c2)n(C)c(=O)n3C)CC1. The zero-order valence-corrected chi connectivity index (χ0v) is 15.1. The molecule has 2 aromatic rings. The van der Waals surface area contributed by atoms with Crippen molar-refractivity contribution in [3.63, 3.8) is 0 Å². The molecule has 24 heavy (non-hydrogen) atoms. The lowest BCUT2D eigenvalue weighted by atomic mass is 9.98. The topological polar surface area (TPSA) is 76.3 Å². The van der Waals surface area contributed by atoms with Crippen molar-refractivity contribution >= 4 is 21.1 Å². The number of aryl methyl sites for hydroxylation is 2. The van der Waals surface area contributed by atoms with Gasteiger partial charge in [0.15, 0.2) is 0 Å². The standard InChI is InChI=1S/C16H24N4O3S/c1-17-11-12-6-8-20(9-7-12)24(22,23)13-4-5-14-15(10-13)19(3)16(21)18(14)2/h4-5,10,12,17H,6-9,11H2,1-3H3. The number of rotatable bonds is 4. The molecule has 0 amide bonds. The van der Waals surface area contributed by atoms with Crippen molar-refractivity contribution in [1.29, 1.82) is 0 Å². The fourth-order valence-corrected chi connectivity index (χ4v) is 4.93. The average Bonchev–Trinajstić information content (AvgIpc) is 2.80. The minimum absolute atomic E-state index is 0.160. The monoisotopic (exact) mass is 352 g/mol. The van der Waals surface area contributed by atoms with Gasteiger partial charge in [-0.05, 0) is 50.6 Å². The van der Waals surface area contributed by atoms with Gasteiger partial charge in [-0.15, -0.1) is 0 Å². The molecular formula is C16H24N4O3S. The first-order chi connectivity index (χ1) is 11.4. The van der Waals surface area contributed by atoms with E-state index in [9.17, 15) is 13.2 Å². The van der Waals surface area contributed by atoms with Crippen LogP contribution >= 0.6 is 0 Å². The second-order valence-corrected chi connectivity index (χ2v) is 8.39. The first kappa shape index (κ1) is 17.2. The van der Waals surface area contributed by atoms with Gasteiger partial charge in [0, 0.05) is 27.2 Å². The molecule has 1 aliphatic heterocycles. The molecule has 8 heteroatoms. The number of imidazole rings is 1. The highest BCUT2D eigenvalue weighted by atomic mass is 32.2. The van der Waals surface area contributed by atoms with Gasteiger partial charge in [-0.2, -0.15) is 4.31 Å². The van der Waals surface area contributed by atoms with E-state index in [2.05, 4.69) is 5.32 Å². The van der Waals surface area contributed by atoms with E-state index in [0.717, 1.165) is 24.9 Å². The van der Waals surface area contributed by atoms with Crippen LogP contribution in [0.3, 0.4) is 0 Å². The normalized spacial score (nSPS) is 17.6. The van der Waals surface area contributed by atoms with Gasteiger partial charge in [0.1, 0.15) is 0 Å². The van der Waals surface area contributed by atoms with Crippen LogP contribution in [0.2, 0.25) is 0 Å². The van der Waals surface area contributed by atoms with Gasteiger partial charge in [-0.25, -0.2) is 13.2 Å². The van der Waals surface area contributed by atoms with E-state index >= 15 is 0 Å². The summed E-state index contributed by atoms with van der Waals surface area (Å²) in [5.74, 6) is 0.527. The summed E-state index contributed by atoms with van der Waals surface area (Å²) in [5, 5.41) is 3.15. The predicted molar refractivity (Wildman–Crippen MR) is 93.6 cm³/mol. The van der Waals surface area contributed by atoms with Crippen LogP contribution in [0, 0.1) is 5.92 Å². The van der Waals surface area contributed by atoms with Crippen LogP contribution in [0.1, 0.15) is 12.8 Å². The van der Waals surface area contributed by atoms with E-state index in [1.807, 2.05) is 7.05 Å². The number of piperidine rings is 1. The van der Waals surface area contributed by atoms with Crippen molar-refractivity contribution in [2.24, 2.45) is 20.0 Å². The summed E-state index contributed by atoms with van der Waals surface area (Å²) >= 11 is 0. The molecule has 1 N–H and O–H groups in total. The zero-order chi connectivity index (χ0) is 17.5. The molecule has 3 rings (SSSR count). The highest BCUT2D eigenvalue weighted by molar-refractivity contribution is 7.89. The third-order valence-corrected chi connectivity index (χ3v) is 6.84. The summed E-state index contributed by atoms with van der Waals surface area (Å²) in [4.78, 5) is 12.3. The van der Waals surface area contributed by atoms with Gasteiger partial charge < -0.3 is 5.32 Å². The van der Waals surface area contributed by atoms with Crippen molar-refractivity contribution in [2.75, 3.05) is 26.7 Å². The number of hydrogen-bond acceptors (Lipinski definition) is 4. The molecule has 0 radical (unpaired) electrons. The fraction of sp³-hybridized carbons (Fsp3) is 0.562. The van der Waals surface area contributed by atoms with E-state index in [-0.39, 0.29) is 10.6 Å². The molecular weight excluding hydrogens is 328 g/mol. The number of hydrogen-bond donors (Lipinski definition) is 1. The van der Waals surface area contributed by atoms with E-state index in [0.29, 0.717) is 24.5 Å². The lowest BCUT2D eigenvalue weighted by Crippen LogP contribution is -2.40. The molecule has 132 valence electrons. The number of sulfonamides is 1. The van der Waals surface area contributed by atoms with Crippen molar-refractivity contribution in [3.05, 3.63) is 28.7 Å². The molecule has 0 spiro atoms. The maximum absolute atomic E-state index is 12.9. The second-order valence-electron chi connectivity index (χ2n) is 6.46. The third-order valence-electron chi connectivity index (χ3n) is 4.95. The lowest BCUT2D eigenvalue weighted by Gasteiger charge is -2.31. The number of benzene rings is 1. The molecule has 0 aliphatic carbocycles. The van der Waals surface area contributed by atoms with E-state index in [4.69, 9.17) is 0 Å². The molecule has 0 saturated carbocycles. The zero-order valence-electron chi connectivity index (χ0n) is 14.3. The van der Waals surface area contributed by atoms with Crippen molar-refractivity contribution < 1.29 is 8.42 Å². The maximum Gasteiger partial charge on any atom is 0.328 e. The molecule has 1 saturated heterocycles. The van der Waals surface area contributed by atoms with Gasteiger partial charge in [-0.1, -0.05) is 0 Å². The molecule has 7 nitrogen and oxygen atoms in total. The Bertz CT molecular complexity index is 905. The van der Waals surface area contributed by atoms with Crippen LogP contribution in [0.15, 0.2) is 27.9 Å². The molecule has 1 aromatic carbocycles. The van der Waals surface area contributed by atoms with Crippen LogP contribution in [-0.2, 0) is 24.1 Å². The number of nitrogens with one attached hydrogen (secondary N) is 1. The summed E-state index contributed by atoms with van der Waals surface area (Å²) in [5.41, 5.74) is 1.20. The summed E-state index contributed by atoms with van der Waals surface area (Å²) in [6, 6.07) is 4.90. The Hall–Kier alpha value is -1.64. The van der Waals surface area contributed by atoms with Crippen molar-refractivity contribution in [2.45, 2.75) is 17.7 Å². The van der Waals surface area contributed by atoms with E-state index < -0.39 is 10.0 Å². The summed E-state index contributed by atoms with van der Waals surface area (Å²) in [6.45, 7) is 2.01. The van der Waals surface area contributed by atoms with E-state index in [1.54, 1.807) is 36.6 Å². The molecule has 1 aromatic heterocycles. The Morgan fingerprint density at radius 2 is 1.75 bits per heavy atom. The minimum atomic E-state index is -3.52. The van der Waals surface area contributed by atoms with Gasteiger partial charge in [0.2, 0.25) is 10.0 Å². The quantitative estimate of drug-likeness (QED) is 0.869. The third kappa shape index (κ3) is 2.78. The average molecular weight is 352 g/mol. The Morgan fingerprint density at radius 1 is 1.12 bits per heavy atom. The Labute approximate surface area is 141 Å². The smallest absolute Gasteiger partial charge is 0.319 e. The number of fused-ring (bicyclic) bond motifs is 1. The van der Waals surface area contributed by atoms with Crippen LogP contribution in [-0.4, -0.2) is 48.5 Å². The molecule has 1 fully saturated rings. The largest absolute Gasteiger partial charge is 0.328 e. The fourth-order valence-electron chi connectivity index (χ4n) is 3.44. The van der Waals surface area contributed by atoms with E-state index in [1.165, 1.54) is 9.13 Å². The minimum Gasteiger partial charge on any atom is -0.319 e. The first-order valence-corrected chi connectivity index (χ1v) is 9.60. The first-order valence-electron chi connectivity index (χ1n) is 8.16. The Balaban J connectivity index is 1.92. The van der Waals surface area contributed by atoms with Crippen molar-refractivity contribution in [3.8, 4) is 0 Å². The van der Waals surface area contributed by atoms with Crippen LogP contribution in [0.4, 0.5) is 0 Å². The lowest BCUT2D eigenvalue weighted by molar-refractivity contribution is 0.270. The highest BCUT2D eigenvalue weighted by Gasteiger charge is 2.29. The Morgan fingerprint density at radius 3 is 2.38 bits per heavy atom. The van der Waals surface area contributed by atoms with Gasteiger partial charge in [-0.3, -0.25) is 9.13 Å².